The van der Waals surface area contributed by atoms with E-state index in [0.717, 1.165) is 10.9 Å². The number of fused-ring (bicyclic) bond motifs is 5. The Morgan fingerprint density at radius 1 is 1.35 bits per heavy atom. The Morgan fingerprint density at radius 2 is 2.16 bits per heavy atom. The lowest BCUT2D eigenvalue weighted by molar-refractivity contribution is -0.142. The number of benzene rings is 1. The van der Waals surface area contributed by atoms with Crippen molar-refractivity contribution >= 4 is 28.4 Å². The number of rotatable bonds is 3. The predicted molar refractivity (Wildman–Crippen MR) is 114 cm³/mol. The normalized spacial score (nSPS) is 18.9. The van der Waals surface area contributed by atoms with Gasteiger partial charge >= 0.3 is 0 Å². The summed E-state index contributed by atoms with van der Waals surface area (Å²) in [5.41, 5.74) is 7.41. The van der Waals surface area contributed by atoms with Gasteiger partial charge in [0.1, 0.15) is 0 Å². The van der Waals surface area contributed by atoms with Gasteiger partial charge in [-0.25, -0.2) is 4.98 Å². The molecule has 9 nitrogen and oxygen atoms in total. The van der Waals surface area contributed by atoms with Gasteiger partial charge in [-0.3, -0.25) is 14.4 Å². The van der Waals surface area contributed by atoms with Crippen molar-refractivity contribution in [2.45, 2.75) is 32.0 Å². The Labute approximate surface area is 176 Å². The molecule has 0 saturated carbocycles. The van der Waals surface area contributed by atoms with Crippen molar-refractivity contribution < 1.29 is 14.7 Å². The first-order valence-electron chi connectivity index (χ1n) is 10.1. The van der Waals surface area contributed by atoms with Gasteiger partial charge in [0.05, 0.1) is 35.7 Å². The third-order valence-corrected chi connectivity index (χ3v) is 6.13. The number of carbonyl (C=O) groups excluding carboxylic acids is 2. The van der Waals surface area contributed by atoms with E-state index in [0.29, 0.717) is 40.3 Å². The molecule has 5 rings (SSSR count). The van der Waals surface area contributed by atoms with Crippen LogP contribution in [0.2, 0.25) is 0 Å². The molecule has 158 valence electrons. The molecule has 9 heteroatoms. The van der Waals surface area contributed by atoms with Gasteiger partial charge in [-0.1, -0.05) is 13.0 Å². The second-order valence-electron chi connectivity index (χ2n) is 7.83. The third-order valence-electron chi connectivity index (χ3n) is 6.13. The Morgan fingerprint density at radius 3 is 2.90 bits per heavy atom. The SMILES string of the molecule is CC[C@@]1(O)C(=O)NCc2c1cc1n(c2=O)Cc2cc3c(NC(=O)CN)cccc3nc2-1. The summed E-state index contributed by atoms with van der Waals surface area (Å²) in [6, 6.07) is 9.00. The summed E-state index contributed by atoms with van der Waals surface area (Å²) in [6.07, 6.45) is 0.150. The summed E-state index contributed by atoms with van der Waals surface area (Å²) in [5, 5.41) is 17.1. The van der Waals surface area contributed by atoms with E-state index in [1.807, 2.05) is 12.1 Å². The van der Waals surface area contributed by atoms with Crippen LogP contribution >= 0.6 is 0 Å². The minimum atomic E-state index is -1.75. The van der Waals surface area contributed by atoms with Gasteiger partial charge in [0.15, 0.2) is 5.60 Å². The lowest BCUT2D eigenvalue weighted by Gasteiger charge is -2.32. The van der Waals surface area contributed by atoms with Gasteiger partial charge in [0.25, 0.3) is 11.5 Å². The number of aliphatic hydroxyl groups is 1. The highest BCUT2D eigenvalue weighted by molar-refractivity contribution is 6.02. The van der Waals surface area contributed by atoms with Gasteiger partial charge in [-0.15, -0.1) is 0 Å². The number of nitrogens with two attached hydrogens (primary N) is 1. The summed E-state index contributed by atoms with van der Waals surface area (Å²) in [4.78, 5) is 42.1. The van der Waals surface area contributed by atoms with E-state index < -0.39 is 11.5 Å². The maximum Gasteiger partial charge on any atom is 0.256 e. The molecule has 0 aliphatic carbocycles. The average molecular weight is 419 g/mol. The van der Waals surface area contributed by atoms with E-state index in [-0.39, 0.29) is 31.0 Å². The molecular weight excluding hydrogens is 398 g/mol. The smallest absolute Gasteiger partial charge is 0.256 e. The van der Waals surface area contributed by atoms with E-state index in [2.05, 4.69) is 10.6 Å². The summed E-state index contributed by atoms with van der Waals surface area (Å²) >= 11 is 0. The highest BCUT2D eigenvalue weighted by atomic mass is 16.3. The first-order valence-corrected chi connectivity index (χ1v) is 10.1. The number of pyridine rings is 2. The van der Waals surface area contributed by atoms with E-state index >= 15 is 0 Å². The lowest BCUT2D eigenvalue weighted by Crippen LogP contribution is -2.50. The molecule has 0 unspecified atom stereocenters. The van der Waals surface area contributed by atoms with Crippen LogP contribution in [0, 0.1) is 0 Å². The molecule has 3 aromatic rings. The maximum absolute atomic E-state index is 13.2. The number of amides is 2. The minimum absolute atomic E-state index is 0.0800. The van der Waals surface area contributed by atoms with Crippen molar-refractivity contribution in [2.75, 3.05) is 11.9 Å². The molecule has 0 spiro atoms. The number of nitrogens with zero attached hydrogens (tertiary/aromatic N) is 2. The second kappa shape index (κ2) is 6.73. The molecule has 1 atom stereocenters. The number of hydrogen-bond donors (Lipinski definition) is 4. The molecule has 2 amide bonds. The highest BCUT2D eigenvalue weighted by Gasteiger charge is 2.43. The van der Waals surface area contributed by atoms with Gasteiger partial charge < -0.3 is 26.0 Å². The van der Waals surface area contributed by atoms with Crippen molar-refractivity contribution in [2.24, 2.45) is 5.73 Å². The van der Waals surface area contributed by atoms with E-state index in [1.54, 1.807) is 29.7 Å². The van der Waals surface area contributed by atoms with Gasteiger partial charge in [0, 0.05) is 28.6 Å². The Balaban J connectivity index is 1.71. The highest BCUT2D eigenvalue weighted by Crippen LogP contribution is 2.38. The number of aromatic nitrogens is 2. The van der Waals surface area contributed by atoms with Crippen LogP contribution in [0.1, 0.15) is 30.0 Å². The molecule has 5 N–H and O–H groups in total. The van der Waals surface area contributed by atoms with Crippen LogP contribution in [0.3, 0.4) is 0 Å². The average Bonchev–Trinajstić information content (AvgIpc) is 3.13. The molecule has 0 bridgehead atoms. The van der Waals surface area contributed by atoms with Crippen molar-refractivity contribution in [3.8, 4) is 11.4 Å². The predicted octanol–water partition coefficient (Wildman–Crippen LogP) is 0.550. The molecule has 2 aliphatic rings. The van der Waals surface area contributed by atoms with Crippen LogP contribution in [-0.2, 0) is 28.3 Å². The van der Waals surface area contributed by atoms with Crippen LogP contribution in [0.15, 0.2) is 35.1 Å². The zero-order chi connectivity index (χ0) is 21.9. The lowest BCUT2D eigenvalue weighted by atomic mass is 9.84. The zero-order valence-electron chi connectivity index (χ0n) is 16.9. The van der Waals surface area contributed by atoms with Crippen molar-refractivity contribution in [3.05, 3.63) is 57.4 Å². The number of nitrogens with one attached hydrogen (secondary N) is 2. The van der Waals surface area contributed by atoms with Crippen molar-refractivity contribution in [1.82, 2.24) is 14.9 Å². The van der Waals surface area contributed by atoms with E-state index in [9.17, 15) is 19.5 Å². The summed E-state index contributed by atoms with van der Waals surface area (Å²) in [7, 11) is 0. The quantitative estimate of drug-likeness (QED) is 0.382. The van der Waals surface area contributed by atoms with Crippen LogP contribution < -0.4 is 21.9 Å². The molecule has 31 heavy (non-hydrogen) atoms. The topological polar surface area (TPSA) is 139 Å². The maximum atomic E-state index is 13.2. The number of hydrogen-bond acceptors (Lipinski definition) is 6. The molecule has 2 aliphatic heterocycles. The van der Waals surface area contributed by atoms with E-state index in [1.165, 1.54) is 0 Å². The monoisotopic (exact) mass is 419 g/mol. The first-order chi connectivity index (χ1) is 14.9. The Bertz CT molecular complexity index is 1350. The number of carbonyl (C=O) groups is 2. The van der Waals surface area contributed by atoms with Crippen LogP contribution in [0.5, 0.6) is 0 Å². The zero-order valence-corrected chi connectivity index (χ0v) is 16.9. The molecule has 0 fully saturated rings. The van der Waals surface area contributed by atoms with Crippen LogP contribution in [0.25, 0.3) is 22.3 Å². The Hall–Kier alpha value is -3.56. The van der Waals surface area contributed by atoms with Gasteiger partial charge in [0.2, 0.25) is 5.91 Å². The number of anilines is 1. The van der Waals surface area contributed by atoms with E-state index in [4.69, 9.17) is 10.7 Å². The summed E-state index contributed by atoms with van der Waals surface area (Å²) in [6.45, 7) is 1.97. The fraction of sp³-hybridized carbons (Fsp3) is 0.273. The fourth-order valence-electron chi connectivity index (χ4n) is 4.43. The van der Waals surface area contributed by atoms with Crippen molar-refractivity contribution in [3.63, 3.8) is 0 Å². The third kappa shape index (κ3) is 2.70. The standard InChI is InChI=1S/C22H21N5O4/c1-2-22(31)14-7-17-19-11(10-27(17)20(29)13(14)9-24-21(22)30)6-12-15(25-18(28)8-23)4-3-5-16(12)26-19/h3-7,31H,2,8-10,23H2,1H3,(H,24,30)(H,25,28)/t22-/m0/s1. The first kappa shape index (κ1) is 19.4. The molecular formula is C22H21N5O4. The molecule has 2 aromatic heterocycles. The van der Waals surface area contributed by atoms with Gasteiger partial charge in [-0.2, -0.15) is 0 Å². The van der Waals surface area contributed by atoms with Crippen molar-refractivity contribution in [1.29, 1.82) is 0 Å². The minimum Gasteiger partial charge on any atom is -0.375 e. The Kier molecular flexibility index (Phi) is 4.21. The van der Waals surface area contributed by atoms with Crippen LogP contribution in [0.4, 0.5) is 5.69 Å². The fourth-order valence-corrected chi connectivity index (χ4v) is 4.43. The molecule has 4 heterocycles. The summed E-state index contributed by atoms with van der Waals surface area (Å²) < 4.78 is 1.61. The molecule has 1 aromatic carbocycles. The van der Waals surface area contributed by atoms with Gasteiger partial charge in [-0.05, 0) is 30.7 Å². The van der Waals surface area contributed by atoms with Crippen LogP contribution in [-0.4, -0.2) is 33.0 Å². The summed E-state index contributed by atoms with van der Waals surface area (Å²) in [5.74, 6) is -0.812. The second-order valence-corrected chi connectivity index (χ2v) is 7.83. The molecule has 0 radical (unpaired) electrons. The largest absolute Gasteiger partial charge is 0.375 e. The molecule has 0 saturated heterocycles.